The molecule has 0 atom stereocenters. The Morgan fingerprint density at radius 2 is 2.00 bits per heavy atom. The molecule has 1 aromatic carbocycles. The summed E-state index contributed by atoms with van der Waals surface area (Å²) in [4.78, 5) is 16.6. The van der Waals surface area contributed by atoms with Crippen molar-refractivity contribution in [2.75, 3.05) is 12.4 Å². The molecular formula is C19H24N2O2S. The maximum atomic E-state index is 12.1. The molecule has 1 N–H and O–H groups in total. The van der Waals surface area contributed by atoms with Gasteiger partial charge >= 0.3 is 0 Å². The number of carbonyl (C=O) groups is 1. The average Bonchev–Trinajstić information content (AvgIpc) is 3.09. The van der Waals surface area contributed by atoms with Crippen LogP contribution in [0.3, 0.4) is 0 Å². The lowest BCUT2D eigenvalue weighted by Crippen LogP contribution is -2.14. The number of aromatic nitrogens is 1. The number of anilines is 1. The highest BCUT2D eigenvalue weighted by atomic mass is 32.1. The molecule has 1 fully saturated rings. The summed E-state index contributed by atoms with van der Waals surface area (Å²) in [5.41, 5.74) is 1.90. The maximum absolute atomic E-state index is 12.1. The molecule has 2 aromatic rings. The van der Waals surface area contributed by atoms with Gasteiger partial charge in [-0.05, 0) is 36.6 Å². The van der Waals surface area contributed by atoms with E-state index in [1.165, 1.54) is 43.4 Å². The summed E-state index contributed by atoms with van der Waals surface area (Å²) in [6.45, 7) is 0. The second-order valence-corrected chi connectivity index (χ2v) is 7.22. The number of nitrogens with one attached hydrogen (secondary N) is 1. The molecule has 1 heterocycles. The molecule has 24 heavy (non-hydrogen) atoms. The number of ether oxygens (including phenoxy) is 1. The normalized spacial score (nSPS) is 15.2. The molecule has 0 unspecified atom stereocenters. The van der Waals surface area contributed by atoms with Gasteiger partial charge in [-0.1, -0.05) is 32.1 Å². The lowest BCUT2D eigenvalue weighted by atomic mass is 9.86. The molecule has 1 aliphatic rings. The first-order valence-corrected chi connectivity index (χ1v) is 9.52. The number of methoxy groups -OCH3 is 1. The zero-order valence-corrected chi connectivity index (χ0v) is 14.9. The van der Waals surface area contributed by atoms with Crippen molar-refractivity contribution >= 4 is 22.4 Å². The topological polar surface area (TPSA) is 51.2 Å². The molecule has 4 nitrogen and oxygen atoms in total. The fourth-order valence-corrected chi connectivity index (χ4v) is 3.95. The van der Waals surface area contributed by atoms with Gasteiger partial charge in [-0.2, -0.15) is 0 Å². The Hall–Kier alpha value is -1.88. The van der Waals surface area contributed by atoms with Crippen LogP contribution >= 0.6 is 11.3 Å². The van der Waals surface area contributed by atoms with Gasteiger partial charge in [-0.15, -0.1) is 11.3 Å². The van der Waals surface area contributed by atoms with Gasteiger partial charge in [0.1, 0.15) is 5.75 Å². The molecule has 5 heteroatoms. The summed E-state index contributed by atoms with van der Waals surface area (Å²) in [5.74, 6) is 1.64. The van der Waals surface area contributed by atoms with Crippen molar-refractivity contribution in [3.63, 3.8) is 0 Å². The van der Waals surface area contributed by atoms with Crippen LogP contribution in [0, 0.1) is 5.92 Å². The zero-order valence-electron chi connectivity index (χ0n) is 14.1. The molecular weight excluding hydrogens is 320 g/mol. The van der Waals surface area contributed by atoms with Crippen LogP contribution in [0.5, 0.6) is 5.75 Å². The quantitative estimate of drug-likeness (QED) is 0.791. The van der Waals surface area contributed by atoms with E-state index in [-0.39, 0.29) is 5.91 Å². The van der Waals surface area contributed by atoms with Gasteiger partial charge in [0.15, 0.2) is 5.13 Å². The Balaban J connectivity index is 1.52. The number of hydrogen-bond donors (Lipinski definition) is 1. The number of thiazole rings is 1. The van der Waals surface area contributed by atoms with Gasteiger partial charge in [0.25, 0.3) is 0 Å². The monoisotopic (exact) mass is 344 g/mol. The SMILES string of the molecule is COc1ccc(-c2csc(NC(=O)CCC3CCCCC3)n2)cc1. The van der Waals surface area contributed by atoms with E-state index in [9.17, 15) is 4.79 Å². The van der Waals surface area contributed by atoms with E-state index in [2.05, 4.69) is 10.3 Å². The molecule has 128 valence electrons. The molecule has 1 aromatic heterocycles. The molecule has 1 amide bonds. The minimum atomic E-state index is 0.0798. The summed E-state index contributed by atoms with van der Waals surface area (Å²) < 4.78 is 5.16. The predicted octanol–water partition coefficient (Wildman–Crippen LogP) is 5.12. The van der Waals surface area contributed by atoms with Crippen LogP contribution in [-0.4, -0.2) is 18.0 Å². The summed E-state index contributed by atoms with van der Waals surface area (Å²) in [6.07, 6.45) is 8.17. The van der Waals surface area contributed by atoms with E-state index >= 15 is 0 Å². The van der Waals surface area contributed by atoms with Gasteiger partial charge in [0.2, 0.25) is 5.91 Å². The molecule has 3 rings (SSSR count). The van der Waals surface area contributed by atoms with Crippen LogP contribution in [0.2, 0.25) is 0 Å². The minimum absolute atomic E-state index is 0.0798. The second-order valence-electron chi connectivity index (χ2n) is 6.36. The third kappa shape index (κ3) is 4.57. The fraction of sp³-hybridized carbons (Fsp3) is 0.474. The Labute approximate surface area is 147 Å². The first-order chi connectivity index (χ1) is 11.7. The van der Waals surface area contributed by atoms with Crippen LogP contribution in [0.15, 0.2) is 29.6 Å². The van der Waals surface area contributed by atoms with E-state index in [0.29, 0.717) is 11.6 Å². The summed E-state index contributed by atoms with van der Waals surface area (Å²) in [6, 6.07) is 7.78. The minimum Gasteiger partial charge on any atom is -0.497 e. The molecule has 0 bridgehead atoms. The molecule has 0 radical (unpaired) electrons. The van der Waals surface area contributed by atoms with Gasteiger partial charge < -0.3 is 10.1 Å². The van der Waals surface area contributed by atoms with E-state index in [1.54, 1.807) is 7.11 Å². The van der Waals surface area contributed by atoms with Crippen LogP contribution < -0.4 is 10.1 Å². The van der Waals surface area contributed by atoms with Crippen molar-refractivity contribution < 1.29 is 9.53 Å². The molecule has 0 spiro atoms. The number of amides is 1. The zero-order chi connectivity index (χ0) is 16.8. The summed E-state index contributed by atoms with van der Waals surface area (Å²) >= 11 is 1.47. The van der Waals surface area contributed by atoms with Crippen molar-refractivity contribution in [3.8, 4) is 17.0 Å². The van der Waals surface area contributed by atoms with Crippen LogP contribution in [0.25, 0.3) is 11.3 Å². The molecule has 1 saturated carbocycles. The van der Waals surface area contributed by atoms with Crippen LogP contribution in [0.1, 0.15) is 44.9 Å². The standard InChI is InChI=1S/C19H24N2O2S/c1-23-16-10-8-15(9-11-16)17-13-24-19(20-17)21-18(22)12-7-14-5-3-2-4-6-14/h8-11,13-14H,2-7,12H2,1H3,(H,20,21,22). The van der Waals surface area contributed by atoms with Gasteiger partial charge in [0.05, 0.1) is 12.8 Å². The third-order valence-corrected chi connectivity index (χ3v) is 5.40. The van der Waals surface area contributed by atoms with Gasteiger partial charge in [-0.25, -0.2) is 4.98 Å². The van der Waals surface area contributed by atoms with Gasteiger partial charge in [0, 0.05) is 17.4 Å². The number of nitrogens with zero attached hydrogens (tertiary/aromatic N) is 1. The average molecular weight is 344 g/mol. The molecule has 0 aliphatic heterocycles. The van der Waals surface area contributed by atoms with Gasteiger partial charge in [-0.3, -0.25) is 4.79 Å². The highest BCUT2D eigenvalue weighted by Crippen LogP contribution is 2.28. The first kappa shape index (κ1) is 17.0. The Morgan fingerprint density at radius 1 is 1.25 bits per heavy atom. The van der Waals surface area contributed by atoms with E-state index in [1.807, 2.05) is 29.6 Å². The summed E-state index contributed by atoms with van der Waals surface area (Å²) in [5, 5.41) is 5.58. The number of rotatable bonds is 6. The molecule has 1 aliphatic carbocycles. The fourth-order valence-electron chi connectivity index (χ4n) is 3.22. The Bertz CT molecular complexity index is 660. The Kier molecular flexibility index (Phi) is 5.86. The van der Waals surface area contributed by atoms with Crippen molar-refractivity contribution in [3.05, 3.63) is 29.6 Å². The second kappa shape index (κ2) is 8.29. The molecule has 0 saturated heterocycles. The Morgan fingerprint density at radius 3 is 2.71 bits per heavy atom. The van der Waals surface area contributed by atoms with Crippen LogP contribution in [-0.2, 0) is 4.79 Å². The first-order valence-electron chi connectivity index (χ1n) is 8.64. The van der Waals surface area contributed by atoms with Crippen LogP contribution in [0.4, 0.5) is 5.13 Å². The van der Waals surface area contributed by atoms with E-state index in [4.69, 9.17) is 4.74 Å². The maximum Gasteiger partial charge on any atom is 0.226 e. The smallest absolute Gasteiger partial charge is 0.226 e. The highest BCUT2D eigenvalue weighted by Gasteiger charge is 2.15. The summed E-state index contributed by atoms with van der Waals surface area (Å²) in [7, 11) is 1.65. The number of carbonyl (C=O) groups excluding carboxylic acids is 1. The van der Waals surface area contributed by atoms with E-state index < -0.39 is 0 Å². The lowest BCUT2D eigenvalue weighted by molar-refractivity contribution is -0.116. The van der Waals surface area contributed by atoms with Crippen molar-refractivity contribution in [2.24, 2.45) is 5.92 Å². The van der Waals surface area contributed by atoms with Crippen molar-refractivity contribution in [1.82, 2.24) is 4.98 Å². The number of hydrogen-bond acceptors (Lipinski definition) is 4. The van der Waals surface area contributed by atoms with Crippen molar-refractivity contribution in [1.29, 1.82) is 0 Å². The largest absolute Gasteiger partial charge is 0.497 e. The third-order valence-electron chi connectivity index (χ3n) is 4.64. The van der Waals surface area contributed by atoms with Crippen molar-refractivity contribution in [2.45, 2.75) is 44.9 Å². The lowest BCUT2D eigenvalue weighted by Gasteiger charge is -2.20. The number of benzene rings is 1. The van der Waals surface area contributed by atoms with E-state index in [0.717, 1.165) is 29.3 Å². The predicted molar refractivity (Wildman–Crippen MR) is 98.5 cm³/mol. The highest BCUT2D eigenvalue weighted by molar-refractivity contribution is 7.14.